The maximum absolute atomic E-state index is 6.24. The Balaban J connectivity index is 1.40. The molecule has 1 unspecified atom stereocenters. The summed E-state index contributed by atoms with van der Waals surface area (Å²) in [6.07, 6.45) is 5.03. The lowest BCUT2D eigenvalue weighted by Crippen LogP contribution is -2.22. The third kappa shape index (κ3) is 4.14. The SMILES string of the molecule is COCc1cnc2c(c1)ncn2Cc1cc(OC)c2c(c1)OCC(c1ccc(OC)nc1)O2. The minimum absolute atomic E-state index is 0.293. The molecule has 9 nitrogen and oxygen atoms in total. The fourth-order valence-electron chi connectivity index (χ4n) is 3.85. The number of benzene rings is 1. The summed E-state index contributed by atoms with van der Waals surface area (Å²) in [4.78, 5) is 13.3. The van der Waals surface area contributed by atoms with E-state index < -0.39 is 0 Å². The van der Waals surface area contributed by atoms with E-state index >= 15 is 0 Å². The molecule has 0 bridgehead atoms. The van der Waals surface area contributed by atoms with Gasteiger partial charge in [-0.1, -0.05) is 0 Å². The minimum Gasteiger partial charge on any atom is -0.493 e. The Morgan fingerprint density at radius 3 is 2.67 bits per heavy atom. The van der Waals surface area contributed by atoms with Crippen LogP contribution in [0.3, 0.4) is 0 Å². The van der Waals surface area contributed by atoms with Crippen LogP contribution in [0.1, 0.15) is 22.8 Å². The molecule has 0 spiro atoms. The standard InChI is InChI=1S/C24H24N4O5/c1-29-12-16-6-18-24(26-9-16)28(14-27-18)11-15-7-19(30-2)23-20(8-15)32-13-21(33-23)17-4-5-22(31-3)25-10-17/h4-10,14,21H,11-13H2,1-3H3. The summed E-state index contributed by atoms with van der Waals surface area (Å²) >= 11 is 0. The van der Waals surface area contributed by atoms with Crippen molar-refractivity contribution in [2.75, 3.05) is 27.9 Å². The van der Waals surface area contributed by atoms with Gasteiger partial charge in [-0.25, -0.2) is 15.0 Å². The van der Waals surface area contributed by atoms with E-state index in [0.29, 0.717) is 42.9 Å². The predicted molar refractivity (Wildman–Crippen MR) is 120 cm³/mol. The number of imidazole rings is 1. The molecule has 0 radical (unpaired) electrons. The number of aromatic nitrogens is 4. The Kier molecular flexibility index (Phi) is 5.70. The zero-order valence-corrected chi connectivity index (χ0v) is 18.6. The molecule has 0 saturated carbocycles. The summed E-state index contributed by atoms with van der Waals surface area (Å²) in [6.45, 7) is 1.43. The van der Waals surface area contributed by atoms with Gasteiger partial charge in [-0.05, 0) is 35.4 Å². The van der Waals surface area contributed by atoms with E-state index in [1.807, 2.05) is 35.0 Å². The van der Waals surface area contributed by atoms with Gasteiger partial charge >= 0.3 is 0 Å². The molecule has 0 N–H and O–H groups in total. The first-order valence-electron chi connectivity index (χ1n) is 10.5. The fraction of sp³-hybridized carbons (Fsp3) is 0.292. The van der Waals surface area contributed by atoms with Gasteiger partial charge in [0.2, 0.25) is 11.6 Å². The van der Waals surface area contributed by atoms with Gasteiger partial charge in [-0.15, -0.1) is 0 Å². The average Bonchev–Trinajstić information content (AvgIpc) is 3.25. The van der Waals surface area contributed by atoms with Crippen LogP contribution in [0.2, 0.25) is 0 Å². The lowest BCUT2D eigenvalue weighted by atomic mass is 10.1. The molecule has 4 heterocycles. The van der Waals surface area contributed by atoms with Crippen LogP contribution in [0.15, 0.2) is 49.1 Å². The summed E-state index contributed by atoms with van der Waals surface area (Å²) in [5.74, 6) is 2.37. The third-order valence-electron chi connectivity index (χ3n) is 5.47. The van der Waals surface area contributed by atoms with Crippen molar-refractivity contribution < 1.29 is 23.7 Å². The van der Waals surface area contributed by atoms with E-state index in [2.05, 4.69) is 15.0 Å². The number of nitrogens with zero attached hydrogens (tertiary/aromatic N) is 4. The van der Waals surface area contributed by atoms with Gasteiger partial charge in [0, 0.05) is 31.1 Å². The van der Waals surface area contributed by atoms with E-state index in [-0.39, 0.29) is 6.10 Å². The second-order valence-corrected chi connectivity index (χ2v) is 7.67. The number of methoxy groups -OCH3 is 3. The van der Waals surface area contributed by atoms with Gasteiger partial charge in [0.1, 0.15) is 12.1 Å². The lowest BCUT2D eigenvalue weighted by molar-refractivity contribution is 0.0867. The van der Waals surface area contributed by atoms with Crippen LogP contribution >= 0.6 is 0 Å². The molecular weight excluding hydrogens is 424 g/mol. The maximum Gasteiger partial charge on any atom is 0.212 e. The quantitative estimate of drug-likeness (QED) is 0.424. The number of ether oxygens (including phenoxy) is 5. The highest BCUT2D eigenvalue weighted by Crippen LogP contribution is 2.44. The highest BCUT2D eigenvalue weighted by molar-refractivity contribution is 5.71. The summed E-state index contributed by atoms with van der Waals surface area (Å²) in [5, 5.41) is 0. The first kappa shape index (κ1) is 21.0. The normalized spacial score (nSPS) is 14.9. The van der Waals surface area contributed by atoms with Crippen LogP contribution in [-0.2, 0) is 17.9 Å². The van der Waals surface area contributed by atoms with Crippen molar-refractivity contribution in [1.82, 2.24) is 19.5 Å². The number of hydrogen-bond acceptors (Lipinski definition) is 8. The van der Waals surface area contributed by atoms with E-state index in [0.717, 1.165) is 27.9 Å². The van der Waals surface area contributed by atoms with Crippen LogP contribution in [0, 0.1) is 0 Å². The van der Waals surface area contributed by atoms with Crippen molar-refractivity contribution >= 4 is 11.2 Å². The molecule has 5 rings (SSSR count). The van der Waals surface area contributed by atoms with Gasteiger partial charge in [-0.3, -0.25) is 0 Å². The molecule has 0 saturated heterocycles. The second-order valence-electron chi connectivity index (χ2n) is 7.67. The second kappa shape index (κ2) is 8.95. The van der Waals surface area contributed by atoms with E-state index in [1.165, 1.54) is 0 Å². The molecule has 1 aliphatic heterocycles. The Labute approximate surface area is 190 Å². The highest BCUT2D eigenvalue weighted by Gasteiger charge is 2.27. The topological polar surface area (TPSA) is 89.8 Å². The first-order valence-corrected chi connectivity index (χ1v) is 10.5. The summed E-state index contributed by atoms with van der Waals surface area (Å²) in [5.41, 5.74) is 4.50. The van der Waals surface area contributed by atoms with Gasteiger partial charge in [-0.2, -0.15) is 0 Å². The largest absolute Gasteiger partial charge is 0.493 e. The Morgan fingerprint density at radius 2 is 1.91 bits per heavy atom. The van der Waals surface area contributed by atoms with Crippen molar-refractivity contribution in [1.29, 1.82) is 0 Å². The van der Waals surface area contributed by atoms with Crippen molar-refractivity contribution in [3.8, 4) is 23.1 Å². The summed E-state index contributed by atoms with van der Waals surface area (Å²) in [7, 11) is 4.86. The Hall–Kier alpha value is -3.85. The molecule has 9 heteroatoms. The molecule has 0 amide bonds. The Bertz CT molecular complexity index is 1250. The summed E-state index contributed by atoms with van der Waals surface area (Å²) in [6, 6.07) is 9.62. The molecule has 1 aliphatic rings. The minimum atomic E-state index is -0.293. The van der Waals surface area contributed by atoms with E-state index in [9.17, 15) is 0 Å². The lowest BCUT2D eigenvalue weighted by Gasteiger charge is -2.28. The maximum atomic E-state index is 6.24. The number of fused-ring (bicyclic) bond motifs is 2. The zero-order chi connectivity index (χ0) is 22.8. The molecule has 0 aliphatic carbocycles. The zero-order valence-electron chi connectivity index (χ0n) is 18.6. The number of hydrogen-bond donors (Lipinski definition) is 0. The van der Waals surface area contributed by atoms with E-state index in [4.69, 9.17) is 23.7 Å². The van der Waals surface area contributed by atoms with Crippen LogP contribution < -0.4 is 18.9 Å². The van der Waals surface area contributed by atoms with Crippen molar-refractivity contribution in [2.24, 2.45) is 0 Å². The highest BCUT2D eigenvalue weighted by atomic mass is 16.6. The molecule has 4 aromatic rings. The molecule has 3 aromatic heterocycles. The van der Waals surface area contributed by atoms with Crippen LogP contribution in [0.4, 0.5) is 0 Å². The fourth-order valence-corrected chi connectivity index (χ4v) is 3.85. The average molecular weight is 448 g/mol. The van der Waals surface area contributed by atoms with Crippen LogP contribution in [-0.4, -0.2) is 47.5 Å². The predicted octanol–water partition coefficient (Wildman–Crippen LogP) is 3.55. The monoisotopic (exact) mass is 448 g/mol. The van der Waals surface area contributed by atoms with Crippen molar-refractivity contribution in [3.63, 3.8) is 0 Å². The molecular formula is C24H24N4O5. The smallest absolute Gasteiger partial charge is 0.212 e. The molecule has 0 fully saturated rings. The van der Waals surface area contributed by atoms with Crippen molar-refractivity contribution in [3.05, 3.63) is 65.7 Å². The third-order valence-corrected chi connectivity index (χ3v) is 5.47. The molecule has 1 aromatic carbocycles. The Morgan fingerprint density at radius 1 is 1.00 bits per heavy atom. The summed E-state index contributed by atoms with van der Waals surface area (Å²) < 4.78 is 30.2. The molecule has 170 valence electrons. The van der Waals surface area contributed by atoms with Gasteiger partial charge in [0.15, 0.2) is 23.3 Å². The van der Waals surface area contributed by atoms with Crippen molar-refractivity contribution in [2.45, 2.75) is 19.3 Å². The first-order chi connectivity index (χ1) is 16.2. The number of pyridine rings is 2. The molecule has 33 heavy (non-hydrogen) atoms. The molecule has 1 atom stereocenters. The number of rotatable bonds is 7. The van der Waals surface area contributed by atoms with Crippen LogP contribution in [0.25, 0.3) is 11.2 Å². The van der Waals surface area contributed by atoms with Gasteiger partial charge in [0.05, 0.1) is 33.7 Å². The van der Waals surface area contributed by atoms with Crippen LogP contribution in [0.5, 0.6) is 23.1 Å². The van der Waals surface area contributed by atoms with Gasteiger partial charge < -0.3 is 28.3 Å². The van der Waals surface area contributed by atoms with E-state index in [1.54, 1.807) is 39.9 Å². The van der Waals surface area contributed by atoms with Gasteiger partial charge in [0.25, 0.3) is 0 Å².